The molecule has 6 nitrogen and oxygen atoms in total. The topological polar surface area (TPSA) is 84.2 Å². The molecule has 1 amide bonds. The van der Waals surface area contributed by atoms with Crippen LogP contribution in [0.2, 0.25) is 0 Å². The molecule has 6 heteroatoms. The summed E-state index contributed by atoms with van der Waals surface area (Å²) in [5.74, 6) is -1.36. The molecule has 0 atom stereocenters. The number of carbonyl (C=O) groups excluding carboxylic acids is 1. The Bertz CT molecular complexity index is 873. The summed E-state index contributed by atoms with van der Waals surface area (Å²) in [5, 5.41) is 16.1. The molecule has 0 unspecified atom stereocenters. The SMILES string of the molecule is O=C(O)CCC(=O)Nc1cn(-c2ccccc2)nc1-c1ccccc1. The van der Waals surface area contributed by atoms with Crippen LogP contribution in [0.5, 0.6) is 0 Å². The molecule has 3 aromatic rings. The molecule has 126 valence electrons. The van der Waals surface area contributed by atoms with Crippen LogP contribution in [0.4, 0.5) is 5.69 Å². The zero-order chi connectivity index (χ0) is 17.6. The Labute approximate surface area is 144 Å². The largest absolute Gasteiger partial charge is 0.481 e. The van der Waals surface area contributed by atoms with Crippen LogP contribution in [-0.2, 0) is 9.59 Å². The summed E-state index contributed by atoms with van der Waals surface area (Å²) < 4.78 is 1.69. The van der Waals surface area contributed by atoms with E-state index in [1.807, 2.05) is 60.7 Å². The van der Waals surface area contributed by atoms with Crippen LogP contribution in [0.25, 0.3) is 16.9 Å². The van der Waals surface area contributed by atoms with Gasteiger partial charge in [0.25, 0.3) is 0 Å². The molecular weight excluding hydrogens is 318 g/mol. The molecule has 0 saturated carbocycles. The van der Waals surface area contributed by atoms with Crippen molar-refractivity contribution in [1.29, 1.82) is 0 Å². The van der Waals surface area contributed by atoms with Crippen molar-refractivity contribution in [2.24, 2.45) is 0 Å². The second-order valence-corrected chi connectivity index (χ2v) is 5.48. The Morgan fingerprint density at radius 2 is 1.60 bits per heavy atom. The van der Waals surface area contributed by atoms with Crippen LogP contribution in [-0.4, -0.2) is 26.8 Å². The normalized spacial score (nSPS) is 10.4. The number of rotatable bonds is 6. The average Bonchev–Trinajstić information content (AvgIpc) is 3.05. The lowest BCUT2D eigenvalue weighted by molar-refractivity contribution is -0.138. The van der Waals surface area contributed by atoms with Crippen LogP contribution in [0.15, 0.2) is 66.9 Å². The molecule has 0 radical (unpaired) electrons. The fourth-order valence-corrected chi connectivity index (χ4v) is 2.42. The number of amides is 1. The summed E-state index contributed by atoms with van der Waals surface area (Å²) in [6, 6.07) is 19.1. The van der Waals surface area contributed by atoms with Crippen LogP contribution < -0.4 is 5.32 Å². The lowest BCUT2D eigenvalue weighted by Crippen LogP contribution is -2.13. The molecule has 0 bridgehead atoms. The third kappa shape index (κ3) is 4.11. The van der Waals surface area contributed by atoms with Gasteiger partial charge in [0.05, 0.1) is 24.0 Å². The van der Waals surface area contributed by atoms with E-state index in [1.54, 1.807) is 10.9 Å². The van der Waals surface area contributed by atoms with Crippen LogP contribution in [0, 0.1) is 0 Å². The van der Waals surface area contributed by atoms with Crippen molar-refractivity contribution in [2.45, 2.75) is 12.8 Å². The lowest BCUT2D eigenvalue weighted by atomic mass is 10.1. The highest BCUT2D eigenvalue weighted by Crippen LogP contribution is 2.28. The minimum Gasteiger partial charge on any atom is -0.481 e. The van der Waals surface area contributed by atoms with E-state index in [1.165, 1.54) is 0 Å². The third-order valence-electron chi connectivity index (χ3n) is 3.62. The first kappa shape index (κ1) is 16.4. The van der Waals surface area contributed by atoms with Gasteiger partial charge in [0.15, 0.2) is 0 Å². The number of nitrogens with one attached hydrogen (secondary N) is 1. The highest BCUT2D eigenvalue weighted by molar-refractivity contribution is 5.95. The standard InChI is InChI=1S/C19H17N3O3/c23-17(11-12-18(24)25)20-16-13-22(15-9-5-2-6-10-15)21-19(16)14-7-3-1-4-8-14/h1-10,13H,11-12H2,(H,20,23)(H,24,25). The van der Waals surface area contributed by atoms with Gasteiger partial charge >= 0.3 is 5.97 Å². The molecule has 0 aliphatic carbocycles. The number of carbonyl (C=O) groups is 2. The minimum absolute atomic E-state index is 0.0833. The van der Waals surface area contributed by atoms with Gasteiger partial charge in [-0.25, -0.2) is 4.68 Å². The zero-order valence-corrected chi connectivity index (χ0v) is 13.4. The van der Waals surface area contributed by atoms with E-state index in [0.717, 1.165) is 11.3 Å². The molecule has 1 aromatic heterocycles. The summed E-state index contributed by atoms with van der Waals surface area (Å²) in [6.07, 6.45) is 1.44. The number of nitrogens with zero attached hydrogens (tertiary/aromatic N) is 2. The number of benzene rings is 2. The molecule has 0 saturated heterocycles. The molecule has 2 N–H and O–H groups in total. The summed E-state index contributed by atoms with van der Waals surface area (Å²) in [7, 11) is 0. The maximum atomic E-state index is 12.0. The fraction of sp³-hybridized carbons (Fsp3) is 0.105. The van der Waals surface area contributed by atoms with E-state index in [-0.39, 0.29) is 18.7 Å². The second kappa shape index (κ2) is 7.44. The van der Waals surface area contributed by atoms with Gasteiger partial charge in [-0.05, 0) is 12.1 Å². The Morgan fingerprint density at radius 3 is 2.24 bits per heavy atom. The number of hydrogen-bond donors (Lipinski definition) is 2. The quantitative estimate of drug-likeness (QED) is 0.723. The number of hydrogen-bond acceptors (Lipinski definition) is 3. The Hall–Kier alpha value is -3.41. The molecule has 3 rings (SSSR count). The molecule has 0 fully saturated rings. The minimum atomic E-state index is -1.00. The Balaban J connectivity index is 1.93. The summed E-state index contributed by atoms with van der Waals surface area (Å²) in [6.45, 7) is 0. The highest BCUT2D eigenvalue weighted by atomic mass is 16.4. The van der Waals surface area contributed by atoms with Crippen molar-refractivity contribution in [3.63, 3.8) is 0 Å². The van der Waals surface area contributed by atoms with Gasteiger partial charge in [0, 0.05) is 12.0 Å². The van der Waals surface area contributed by atoms with Gasteiger partial charge in [-0.1, -0.05) is 48.5 Å². The highest BCUT2D eigenvalue weighted by Gasteiger charge is 2.15. The molecule has 0 aliphatic rings. The van der Waals surface area contributed by atoms with Gasteiger partial charge in [0.2, 0.25) is 5.91 Å². The van der Waals surface area contributed by atoms with Crippen molar-refractivity contribution in [3.8, 4) is 16.9 Å². The number of para-hydroxylation sites is 1. The lowest BCUT2D eigenvalue weighted by Gasteiger charge is -2.04. The van der Waals surface area contributed by atoms with Gasteiger partial charge in [-0.3, -0.25) is 9.59 Å². The molecule has 25 heavy (non-hydrogen) atoms. The smallest absolute Gasteiger partial charge is 0.303 e. The van der Waals surface area contributed by atoms with Crippen LogP contribution in [0.1, 0.15) is 12.8 Å². The van der Waals surface area contributed by atoms with E-state index in [4.69, 9.17) is 5.11 Å². The first-order chi connectivity index (χ1) is 12.1. The first-order valence-electron chi connectivity index (χ1n) is 7.85. The summed E-state index contributed by atoms with van der Waals surface area (Å²) in [5.41, 5.74) is 2.91. The van der Waals surface area contributed by atoms with Crippen molar-refractivity contribution in [3.05, 3.63) is 66.9 Å². The van der Waals surface area contributed by atoms with E-state index >= 15 is 0 Å². The summed E-state index contributed by atoms with van der Waals surface area (Å²) in [4.78, 5) is 22.7. The predicted octanol–water partition coefficient (Wildman–Crippen LogP) is 3.34. The average molecular weight is 335 g/mol. The molecule has 0 aliphatic heterocycles. The molecule has 1 heterocycles. The summed E-state index contributed by atoms with van der Waals surface area (Å²) >= 11 is 0. The van der Waals surface area contributed by atoms with Gasteiger partial charge in [-0.15, -0.1) is 0 Å². The van der Waals surface area contributed by atoms with Crippen molar-refractivity contribution in [1.82, 2.24) is 9.78 Å². The monoisotopic (exact) mass is 335 g/mol. The number of carboxylic acids is 1. The van der Waals surface area contributed by atoms with Crippen molar-refractivity contribution in [2.75, 3.05) is 5.32 Å². The maximum absolute atomic E-state index is 12.0. The van der Waals surface area contributed by atoms with Crippen LogP contribution >= 0.6 is 0 Å². The number of carboxylic acid groups (broad SMARTS) is 1. The predicted molar refractivity (Wildman–Crippen MR) is 94.5 cm³/mol. The van der Waals surface area contributed by atoms with E-state index < -0.39 is 5.97 Å². The fourth-order valence-electron chi connectivity index (χ4n) is 2.42. The first-order valence-corrected chi connectivity index (χ1v) is 7.85. The van der Waals surface area contributed by atoms with Gasteiger partial charge < -0.3 is 10.4 Å². The number of aromatic nitrogens is 2. The molecule has 2 aromatic carbocycles. The van der Waals surface area contributed by atoms with Gasteiger partial charge in [0.1, 0.15) is 5.69 Å². The van der Waals surface area contributed by atoms with Crippen molar-refractivity contribution < 1.29 is 14.7 Å². The molecular formula is C19H17N3O3. The zero-order valence-electron chi connectivity index (χ0n) is 13.4. The van der Waals surface area contributed by atoms with Crippen molar-refractivity contribution >= 4 is 17.6 Å². The van der Waals surface area contributed by atoms with Crippen LogP contribution in [0.3, 0.4) is 0 Å². The third-order valence-corrected chi connectivity index (χ3v) is 3.62. The number of anilines is 1. The van der Waals surface area contributed by atoms with E-state index in [2.05, 4.69) is 10.4 Å². The molecule has 0 spiro atoms. The Morgan fingerprint density at radius 1 is 0.960 bits per heavy atom. The number of aliphatic carboxylic acids is 1. The Kier molecular flexibility index (Phi) is 4.89. The van der Waals surface area contributed by atoms with E-state index in [9.17, 15) is 9.59 Å². The second-order valence-electron chi connectivity index (χ2n) is 5.48. The maximum Gasteiger partial charge on any atom is 0.303 e. The van der Waals surface area contributed by atoms with E-state index in [0.29, 0.717) is 11.4 Å². The van der Waals surface area contributed by atoms with Gasteiger partial charge in [-0.2, -0.15) is 5.10 Å².